The summed E-state index contributed by atoms with van der Waals surface area (Å²) in [6, 6.07) is 44.6. The van der Waals surface area contributed by atoms with E-state index in [0.717, 1.165) is 66.0 Å². The van der Waals surface area contributed by atoms with E-state index in [-0.39, 0.29) is 0 Å². The number of benzene rings is 6. The summed E-state index contributed by atoms with van der Waals surface area (Å²) >= 11 is 0. The van der Waals surface area contributed by atoms with Crippen molar-refractivity contribution in [2.45, 2.75) is 38.9 Å². The van der Waals surface area contributed by atoms with E-state index in [9.17, 15) is 0 Å². The normalized spacial score (nSPS) is 15.8. The quantitative estimate of drug-likeness (QED) is 0.186. The van der Waals surface area contributed by atoms with Gasteiger partial charge < -0.3 is 18.3 Å². The van der Waals surface area contributed by atoms with Gasteiger partial charge in [-0.2, -0.15) is 0 Å². The number of oxazole rings is 1. The Bertz CT molecular complexity index is 2460. The highest BCUT2D eigenvalue weighted by Gasteiger charge is 2.51. The highest BCUT2D eigenvalue weighted by atomic mass is 16.7. The Kier molecular flexibility index (Phi) is 6.08. The van der Waals surface area contributed by atoms with E-state index in [1.54, 1.807) is 0 Å². The maximum atomic E-state index is 6.61. The third-order valence-corrected chi connectivity index (χ3v) is 10.0. The molecule has 2 aromatic heterocycles. The maximum Gasteiger partial charge on any atom is 0.494 e. The summed E-state index contributed by atoms with van der Waals surface area (Å²) in [5.74, 6) is 0.618. The summed E-state index contributed by atoms with van der Waals surface area (Å²) in [5.41, 5.74) is 8.27. The van der Waals surface area contributed by atoms with Crippen LogP contribution in [0.25, 0.3) is 71.9 Å². The molecule has 3 heterocycles. The molecule has 0 atom stereocenters. The third-order valence-electron chi connectivity index (χ3n) is 10.0. The highest BCUT2D eigenvalue weighted by Crippen LogP contribution is 2.42. The van der Waals surface area contributed by atoms with Crippen LogP contribution >= 0.6 is 0 Å². The average Bonchev–Trinajstić information content (AvgIpc) is 3.74. The summed E-state index contributed by atoms with van der Waals surface area (Å²) in [4.78, 5) is 4.92. The van der Waals surface area contributed by atoms with Crippen LogP contribution in [0.4, 0.5) is 0 Å². The molecule has 0 radical (unpaired) electrons. The SMILES string of the molecule is CC1(C)OB(c2ccc3c4c5c(ccc6nc(-c7ccccc7)oc65)ccc4n(-c4cccc(-c5ccccc5)c4)c3c2)OC1(C)C. The Morgan fingerprint density at radius 3 is 2.02 bits per heavy atom. The van der Waals surface area contributed by atoms with Crippen molar-refractivity contribution in [2.75, 3.05) is 0 Å². The van der Waals surface area contributed by atoms with Gasteiger partial charge in [0.25, 0.3) is 0 Å². The van der Waals surface area contributed by atoms with Crippen LogP contribution in [0.3, 0.4) is 0 Å². The van der Waals surface area contributed by atoms with Crippen molar-refractivity contribution in [1.29, 1.82) is 0 Å². The van der Waals surface area contributed by atoms with Crippen LogP contribution in [0.2, 0.25) is 0 Å². The molecule has 0 saturated carbocycles. The molecule has 1 aliphatic heterocycles. The highest BCUT2D eigenvalue weighted by molar-refractivity contribution is 6.62. The Hall–Kier alpha value is -5.17. The van der Waals surface area contributed by atoms with Crippen LogP contribution in [0.1, 0.15) is 27.7 Å². The van der Waals surface area contributed by atoms with Crippen LogP contribution < -0.4 is 5.46 Å². The number of rotatable bonds is 4. The molecule has 228 valence electrons. The Balaban J connectivity index is 1.34. The van der Waals surface area contributed by atoms with E-state index >= 15 is 0 Å². The molecule has 1 aliphatic rings. The van der Waals surface area contributed by atoms with Crippen molar-refractivity contribution in [1.82, 2.24) is 9.55 Å². The Morgan fingerprint density at radius 1 is 0.596 bits per heavy atom. The molecule has 47 heavy (non-hydrogen) atoms. The van der Waals surface area contributed by atoms with Crippen LogP contribution in [-0.4, -0.2) is 27.9 Å². The van der Waals surface area contributed by atoms with Crippen molar-refractivity contribution in [3.05, 3.63) is 127 Å². The van der Waals surface area contributed by atoms with Crippen molar-refractivity contribution in [2.24, 2.45) is 0 Å². The first-order chi connectivity index (χ1) is 22.8. The number of hydrogen-bond donors (Lipinski definition) is 0. The van der Waals surface area contributed by atoms with Crippen molar-refractivity contribution in [3.8, 4) is 28.3 Å². The smallest absolute Gasteiger partial charge is 0.435 e. The Labute approximate surface area is 273 Å². The fraction of sp³-hybridized carbons (Fsp3) is 0.146. The fourth-order valence-electron chi connectivity index (χ4n) is 6.88. The second-order valence-electron chi connectivity index (χ2n) is 13.5. The van der Waals surface area contributed by atoms with Gasteiger partial charge in [0.05, 0.1) is 22.2 Å². The van der Waals surface area contributed by atoms with Crippen LogP contribution in [-0.2, 0) is 9.31 Å². The zero-order valence-electron chi connectivity index (χ0n) is 26.8. The number of aromatic nitrogens is 2. The molecule has 9 rings (SSSR count). The summed E-state index contributed by atoms with van der Waals surface area (Å²) in [6.07, 6.45) is 0. The third kappa shape index (κ3) is 4.36. The molecule has 0 unspecified atom stereocenters. The summed E-state index contributed by atoms with van der Waals surface area (Å²) in [6.45, 7) is 8.37. The van der Waals surface area contributed by atoms with Gasteiger partial charge in [0, 0.05) is 27.4 Å². The van der Waals surface area contributed by atoms with E-state index in [4.69, 9.17) is 18.7 Å². The first-order valence-electron chi connectivity index (χ1n) is 16.1. The lowest BCUT2D eigenvalue weighted by Crippen LogP contribution is -2.41. The predicted molar refractivity (Wildman–Crippen MR) is 192 cm³/mol. The van der Waals surface area contributed by atoms with Gasteiger partial charge in [0.1, 0.15) is 5.52 Å². The van der Waals surface area contributed by atoms with Crippen molar-refractivity contribution >= 4 is 56.3 Å². The van der Waals surface area contributed by atoms with Crippen molar-refractivity contribution < 1.29 is 13.7 Å². The molecule has 1 saturated heterocycles. The van der Waals surface area contributed by atoms with Gasteiger partial charge >= 0.3 is 7.12 Å². The zero-order valence-corrected chi connectivity index (χ0v) is 26.8. The van der Waals surface area contributed by atoms with Crippen LogP contribution in [0.15, 0.2) is 132 Å². The standard InChI is InChI=1S/C41H33BN2O3/c1-40(2)41(3,4)47-42(46-40)30-20-21-32-35(25-30)44(31-17-11-16-29(24-31)26-12-7-5-8-13-26)34-23-19-27-18-22-33-38(36(27)37(32)34)45-39(43-33)28-14-9-6-10-15-28/h5-25H,1-4H3. The van der Waals surface area contributed by atoms with E-state index in [2.05, 4.69) is 129 Å². The zero-order chi connectivity index (χ0) is 31.9. The first kappa shape index (κ1) is 28.1. The van der Waals surface area contributed by atoms with Gasteiger partial charge in [-0.25, -0.2) is 4.98 Å². The Morgan fingerprint density at radius 2 is 1.28 bits per heavy atom. The van der Waals surface area contributed by atoms with E-state index < -0.39 is 18.3 Å². The van der Waals surface area contributed by atoms with E-state index in [1.165, 1.54) is 5.56 Å². The van der Waals surface area contributed by atoms with Gasteiger partial charge in [-0.15, -0.1) is 0 Å². The molecule has 0 aliphatic carbocycles. The van der Waals surface area contributed by atoms with Gasteiger partial charge in [-0.05, 0) is 92.1 Å². The van der Waals surface area contributed by atoms with Crippen LogP contribution in [0, 0.1) is 0 Å². The van der Waals surface area contributed by atoms with Gasteiger partial charge in [0.2, 0.25) is 5.89 Å². The summed E-state index contributed by atoms with van der Waals surface area (Å²) < 4.78 is 22.0. The molecule has 0 N–H and O–H groups in total. The molecular weight excluding hydrogens is 579 g/mol. The number of hydrogen-bond acceptors (Lipinski definition) is 4. The van der Waals surface area contributed by atoms with Gasteiger partial charge in [-0.1, -0.05) is 84.9 Å². The second kappa shape index (κ2) is 10.2. The molecule has 0 spiro atoms. The van der Waals surface area contributed by atoms with E-state index in [1.807, 2.05) is 30.3 Å². The van der Waals surface area contributed by atoms with E-state index in [0.29, 0.717) is 5.89 Å². The molecule has 5 nitrogen and oxygen atoms in total. The second-order valence-corrected chi connectivity index (χ2v) is 13.5. The fourth-order valence-corrected chi connectivity index (χ4v) is 6.88. The molecule has 6 aromatic carbocycles. The molecule has 6 heteroatoms. The van der Waals surface area contributed by atoms with Crippen LogP contribution in [0.5, 0.6) is 0 Å². The topological polar surface area (TPSA) is 49.4 Å². The summed E-state index contributed by atoms with van der Waals surface area (Å²) in [7, 11) is -0.474. The lowest BCUT2D eigenvalue weighted by atomic mass is 9.78. The predicted octanol–water partition coefficient (Wildman–Crippen LogP) is 9.71. The lowest BCUT2D eigenvalue weighted by molar-refractivity contribution is 0.00578. The minimum absolute atomic E-state index is 0.437. The minimum atomic E-state index is -0.474. The maximum absolute atomic E-state index is 6.61. The minimum Gasteiger partial charge on any atom is -0.435 e. The van der Waals surface area contributed by atoms with Gasteiger partial charge in [0.15, 0.2) is 5.58 Å². The monoisotopic (exact) mass is 612 g/mol. The molecule has 0 bridgehead atoms. The first-order valence-corrected chi connectivity index (χ1v) is 16.1. The molecular formula is C41H33BN2O3. The van der Waals surface area contributed by atoms with Gasteiger partial charge in [-0.3, -0.25) is 0 Å². The molecule has 0 amide bonds. The summed E-state index contributed by atoms with van der Waals surface area (Å²) in [5, 5.41) is 4.42. The largest absolute Gasteiger partial charge is 0.494 e. The lowest BCUT2D eigenvalue weighted by Gasteiger charge is -2.32. The average molecular weight is 613 g/mol. The molecule has 8 aromatic rings. The number of nitrogens with zero attached hydrogens (tertiary/aromatic N) is 2. The van der Waals surface area contributed by atoms with Crippen molar-refractivity contribution in [3.63, 3.8) is 0 Å². The molecule has 1 fully saturated rings. The number of fused-ring (bicyclic) bond motifs is 7.